The standard InChI is InChI=1S/C16H22N4O2/c1-13(12-20-7-9-21-10-8-20)17-11-15-18-19-16(22-15)14-5-3-2-4-6-14/h2-6,13,17H,7-12H2,1H3. The molecule has 0 saturated carbocycles. The van der Waals surface area contributed by atoms with Crippen molar-refractivity contribution >= 4 is 0 Å². The first-order chi connectivity index (χ1) is 10.8. The fourth-order valence-electron chi connectivity index (χ4n) is 2.52. The van der Waals surface area contributed by atoms with Crippen molar-refractivity contribution in [1.29, 1.82) is 0 Å². The Labute approximate surface area is 130 Å². The molecule has 2 aromatic rings. The molecular weight excluding hydrogens is 280 g/mol. The highest BCUT2D eigenvalue weighted by Crippen LogP contribution is 2.16. The lowest BCUT2D eigenvalue weighted by atomic mass is 10.2. The second-order valence-electron chi connectivity index (χ2n) is 5.56. The summed E-state index contributed by atoms with van der Waals surface area (Å²) < 4.78 is 11.1. The van der Waals surface area contributed by atoms with Gasteiger partial charge in [0.25, 0.3) is 0 Å². The number of nitrogens with one attached hydrogen (secondary N) is 1. The van der Waals surface area contributed by atoms with E-state index in [9.17, 15) is 0 Å². The molecule has 1 atom stereocenters. The number of benzene rings is 1. The summed E-state index contributed by atoms with van der Waals surface area (Å²) in [6.45, 7) is 7.43. The molecule has 2 heterocycles. The highest BCUT2D eigenvalue weighted by molar-refractivity contribution is 5.51. The smallest absolute Gasteiger partial charge is 0.247 e. The molecule has 0 amide bonds. The molecule has 0 spiro atoms. The van der Waals surface area contributed by atoms with Crippen molar-refractivity contribution in [3.63, 3.8) is 0 Å². The van der Waals surface area contributed by atoms with E-state index in [0.717, 1.165) is 38.4 Å². The van der Waals surface area contributed by atoms with Crippen LogP contribution in [0.15, 0.2) is 34.7 Å². The van der Waals surface area contributed by atoms with Gasteiger partial charge in [-0.15, -0.1) is 10.2 Å². The Morgan fingerprint density at radius 2 is 1.95 bits per heavy atom. The van der Waals surface area contributed by atoms with E-state index in [1.165, 1.54) is 0 Å². The lowest BCUT2D eigenvalue weighted by molar-refractivity contribution is 0.0342. The molecule has 1 aromatic heterocycles. The number of aromatic nitrogens is 2. The average molecular weight is 302 g/mol. The topological polar surface area (TPSA) is 63.4 Å². The van der Waals surface area contributed by atoms with E-state index in [1.807, 2.05) is 30.3 Å². The second kappa shape index (κ2) is 7.49. The highest BCUT2D eigenvalue weighted by atomic mass is 16.5. The molecule has 0 bridgehead atoms. The molecule has 6 nitrogen and oxygen atoms in total. The van der Waals surface area contributed by atoms with E-state index < -0.39 is 0 Å². The first kappa shape index (κ1) is 15.1. The van der Waals surface area contributed by atoms with Crippen LogP contribution in [-0.2, 0) is 11.3 Å². The van der Waals surface area contributed by atoms with Gasteiger partial charge in [0.05, 0.1) is 19.8 Å². The van der Waals surface area contributed by atoms with Crippen molar-refractivity contribution in [2.45, 2.75) is 19.5 Å². The van der Waals surface area contributed by atoms with Gasteiger partial charge in [-0.2, -0.15) is 0 Å². The van der Waals surface area contributed by atoms with Crippen LogP contribution in [0.3, 0.4) is 0 Å². The van der Waals surface area contributed by atoms with Gasteiger partial charge in [-0.3, -0.25) is 4.90 Å². The van der Waals surface area contributed by atoms with E-state index in [0.29, 0.717) is 24.4 Å². The maximum atomic E-state index is 5.69. The van der Waals surface area contributed by atoms with Crippen molar-refractivity contribution in [2.75, 3.05) is 32.8 Å². The Kier molecular flexibility index (Phi) is 5.15. The SMILES string of the molecule is CC(CN1CCOCC1)NCc1nnc(-c2ccccc2)o1. The molecule has 1 saturated heterocycles. The number of ether oxygens (including phenoxy) is 1. The molecule has 1 unspecified atom stereocenters. The van der Waals surface area contributed by atoms with Gasteiger partial charge in [0, 0.05) is 31.2 Å². The number of hydrogen-bond acceptors (Lipinski definition) is 6. The largest absolute Gasteiger partial charge is 0.419 e. The van der Waals surface area contributed by atoms with Crippen LogP contribution in [0, 0.1) is 0 Å². The third-order valence-electron chi connectivity index (χ3n) is 3.73. The zero-order valence-electron chi connectivity index (χ0n) is 12.9. The summed E-state index contributed by atoms with van der Waals surface area (Å²) in [6.07, 6.45) is 0. The summed E-state index contributed by atoms with van der Waals surface area (Å²) in [7, 11) is 0. The van der Waals surface area contributed by atoms with Crippen molar-refractivity contribution in [2.24, 2.45) is 0 Å². The minimum atomic E-state index is 0.366. The van der Waals surface area contributed by atoms with Crippen molar-refractivity contribution in [3.05, 3.63) is 36.2 Å². The number of hydrogen-bond donors (Lipinski definition) is 1. The maximum absolute atomic E-state index is 5.69. The zero-order chi connectivity index (χ0) is 15.2. The normalized spacial score (nSPS) is 17.5. The third kappa shape index (κ3) is 4.13. The summed E-state index contributed by atoms with van der Waals surface area (Å²) in [6, 6.07) is 10.2. The first-order valence-electron chi connectivity index (χ1n) is 7.72. The van der Waals surface area contributed by atoms with Crippen LogP contribution in [0.5, 0.6) is 0 Å². The summed E-state index contributed by atoms with van der Waals surface area (Å²) in [5.41, 5.74) is 0.947. The highest BCUT2D eigenvalue weighted by Gasteiger charge is 2.14. The van der Waals surface area contributed by atoms with Crippen molar-refractivity contribution in [3.8, 4) is 11.5 Å². The fourth-order valence-corrected chi connectivity index (χ4v) is 2.52. The minimum Gasteiger partial charge on any atom is -0.419 e. The van der Waals surface area contributed by atoms with E-state index in [2.05, 4.69) is 27.3 Å². The van der Waals surface area contributed by atoms with Crippen LogP contribution in [0.2, 0.25) is 0 Å². The quantitative estimate of drug-likeness (QED) is 0.873. The summed E-state index contributed by atoms with van der Waals surface area (Å²) >= 11 is 0. The van der Waals surface area contributed by atoms with Crippen LogP contribution in [-0.4, -0.2) is 54.0 Å². The van der Waals surface area contributed by atoms with Crippen LogP contribution < -0.4 is 5.32 Å². The van der Waals surface area contributed by atoms with Crippen LogP contribution >= 0.6 is 0 Å². The molecule has 22 heavy (non-hydrogen) atoms. The minimum absolute atomic E-state index is 0.366. The molecule has 1 aliphatic heterocycles. The van der Waals surface area contributed by atoms with E-state index in [-0.39, 0.29) is 0 Å². The fraction of sp³-hybridized carbons (Fsp3) is 0.500. The third-order valence-corrected chi connectivity index (χ3v) is 3.73. The van der Waals surface area contributed by atoms with Gasteiger partial charge >= 0.3 is 0 Å². The molecule has 1 aliphatic rings. The second-order valence-corrected chi connectivity index (χ2v) is 5.56. The van der Waals surface area contributed by atoms with Gasteiger partial charge in [0.2, 0.25) is 11.8 Å². The van der Waals surface area contributed by atoms with Crippen LogP contribution in [0.25, 0.3) is 11.5 Å². The van der Waals surface area contributed by atoms with Gasteiger partial charge in [-0.1, -0.05) is 18.2 Å². The molecule has 1 fully saturated rings. The Balaban J connectivity index is 1.48. The van der Waals surface area contributed by atoms with Gasteiger partial charge < -0.3 is 14.5 Å². The lowest BCUT2D eigenvalue weighted by Gasteiger charge is -2.29. The Hall–Kier alpha value is -1.76. The zero-order valence-corrected chi connectivity index (χ0v) is 12.9. The predicted molar refractivity (Wildman–Crippen MR) is 83.3 cm³/mol. The number of morpholine rings is 1. The average Bonchev–Trinajstić information content (AvgIpc) is 3.04. The molecular formula is C16H22N4O2. The van der Waals surface area contributed by atoms with Crippen LogP contribution in [0.4, 0.5) is 0 Å². The molecule has 3 rings (SSSR count). The van der Waals surface area contributed by atoms with E-state index in [4.69, 9.17) is 9.15 Å². The number of nitrogens with zero attached hydrogens (tertiary/aromatic N) is 3. The van der Waals surface area contributed by atoms with Crippen molar-refractivity contribution < 1.29 is 9.15 Å². The Morgan fingerprint density at radius 1 is 1.18 bits per heavy atom. The summed E-state index contributed by atoms with van der Waals surface area (Å²) in [5.74, 6) is 1.19. The van der Waals surface area contributed by atoms with E-state index >= 15 is 0 Å². The first-order valence-corrected chi connectivity index (χ1v) is 7.72. The maximum Gasteiger partial charge on any atom is 0.247 e. The van der Waals surface area contributed by atoms with Gasteiger partial charge in [0.15, 0.2) is 0 Å². The molecule has 1 aromatic carbocycles. The predicted octanol–water partition coefficient (Wildman–Crippen LogP) is 1.55. The van der Waals surface area contributed by atoms with Gasteiger partial charge in [-0.25, -0.2) is 0 Å². The van der Waals surface area contributed by atoms with Gasteiger partial charge in [-0.05, 0) is 19.1 Å². The molecule has 6 heteroatoms. The van der Waals surface area contributed by atoms with Crippen LogP contribution in [0.1, 0.15) is 12.8 Å². The summed E-state index contributed by atoms with van der Waals surface area (Å²) in [5, 5.41) is 11.6. The van der Waals surface area contributed by atoms with Gasteiger partial charge in [0.1, 0.15) is 0 Å². The molecule has 0 aliphatic carbocycles. The molecule has 118 valence electrons. The number of rotatable bonds is 6. The Morgan fingerprint density at radius 3 is 2.73 bits per heavy atom. The Bertz CT molecular complexity index is 567. The monoisotopic (exact) mass is 302 g/mol. The lowest BCUT2D eigenvalue weighted by Crippen LogP contribution is -2.44. The van der Waals surface area contributed by atoms with Crippen molar-refractivity contribution in [1.82, 2.24) is 20.4 Å². The summed E-state index contributed by atoms with van der Waals surface area (Å²) in [4.78, 5) is 2.41. The van der Waals surface area contributed by atoms with E-state index in [1.54, 1.807) is 0 Å². The molecule has 1 N–H and O–H groups in total. The molecule has 0 radical (unpaired) electrons.